The predicted octanol–water partition coefficient (Wildman–Crippen LogP) is 0.852. The number of likely N-dealkylation sites (N-methyl/N-ethyl adjacent to an activating group) is 1. The molecule has 2 aromatic rings. The van der Waals surface area contributed by atoms with Gasteiger partial charge in [0, 0.05) is 18.1 Å². The molecule has 0 aliphatic carbocycles. The molecule has 0 aromatic carbocycles. The number of nitrogens with one attached hydrogen (secondary N) is 2. The largest absolute Gasteiger partial charge is 0.355 e. The minimum atomic E-state index is -3.94. The van der Waals surface area contributed by atoms with Gasteiger partial charge >= 0.3 is 0 Å². The Bertz CT molecular complexity index is 737. The minimum absolute atomic E-state index is 0.118. The van der Waals surface area contributed by atoms with E-state index >= 15 is 0 Å². The zero-order valence-corrected chi connectivity index (χ0v) is 13.1. The van der Waals surface area contributed by atoms with Crippen LogP contribution >= 0.6 is 22.9 Å². The van der Waals surface area contributed by atoms with Crippen molar-refractivity contribution in [2.75, 3.05) is 6.54 Å². The van der Waals surface area contributed by atoms with Crippen molar-refractivity contribution in [1.29, 1.82) is 0 Å². The summed E-state index contributed by atoms with van der Waals surface area (Å²) in [5, 5.41) is 3.96. The van der Waals surface area contributed by atoms with E-state index in [-0.39, 0.29) is 10.2 Å². The molecule has 10 heteroatoms. The van der Waals surface area contributed by atoms with Gasteiger partial charge in [-0.15, -0.1) is 11.3 Å². The van der Waals surface area contributed by atoms with E-state index in [1.807, 2.05) is 0 Å². The number of amides is 1. The van der Waals surface area contributed by atoms with Gasteiger partial charge in [-0.25, -0.2) is 13.4 Å². The van der Waals surface area contributed by atoms with Crippen molar-refractivity contribution in [3.8, 4) is 0 Å². The highest BCUT2D eigenvalue weighted by Gasteiger charge is 2.28. The number of imidazole rings is 1. The van der Waals surface area contributed by atoms with Crippen LogP contribution in [0.3, 0.4) is 0 Å². The summed E-state index contributed by atoms with van der Waals surface area (Å²) < 4.78 is 28.3. The Kier molecular flexibility index (Phi) is 4.33. The average molecular weight is 337 g/mol. The lowest BCUT2D eigenvalue weighted by atomic mass is 10.3. The fourth-order valence-corrected chi connectivity index (χ4v) is 4.30. The van der Waals surface area contributed by atoms with E-state index in [0.29, 0.717) is 11.5 Å². The van der Waals surface area contributed by atoms with Crippen LogP contribution in [0.1, 0.15) is 13.8 Å². The van der Waals surface area contributed by atoms with Gasteiger partial charge in [-0.05, 0) is 13.8 Å². The average Bonchev–Trinajstić information content (AvgIpc) is 2.87. The topological polar surface area (TPSA) is 92.6 Å². The molecular weight excluding hydrogens is 324 g/mol. The Labute approximate surface area is 125 Å². The number of halogens is 1. The van der Waals surface area contributed by atoms with Crippen LogP contribution in [0.2, 0.25) is 5.15 Å². The number of fused-ring (bicyclic) bond motifs is 1. The quantitative estimate of drug-likeness (QED) is 0.846. The molecule has 2 rings (SSSR count). The van der Waals surface area contributed by atoms with Crippen molar-refractivity contribution in [2.24, 2.45) is 0 Å². The fraction of sp³-hybridized carbons (Fsp3) is 0.400. The van der Waals surface area contributed by atoms with Crippen LogP contribution in [-0.2, 0) is 14.8 Å². The third-order valence-corrected chi connectivity index (χ3v) is 5.20. The molecule has 0 radical (unpaired) electrons. The van der Waals surface area contributed by atoms with Gasteiger partial charge in [0.15, 0.2) is 15.1 Å². The van der Waals surface area contributed by atoms with Gasteiger partial charge in [-0.3, -0.25) is 9.20 Å². The molecule has 2 aromatic heterocycles. The molecule has 20 heavy (non-hydrogen) atoms. The number of carbonyl (C=O) groups is 1. The highest BCUT2D eigenvalue weighted by atomic mass is 35.5. The Morgan fingerprint density at radius 2 is 2.30 bits per heavy atom. The van der Waals surface area contributed by atoms with E-state index in [9.17, 15) is 13.2 Å². The molecule has 2 heterocycles. The second-order valence-electron chi connectivity index (χ2n) is 4.00. The van der Waals surface area contributed by atoms with Crippen molar-refractivity contribution in [1.82, 2.24) is 19.4 Å². The van der Waals surface area contributed by atoms with Crippen molar-refractivity contribution < 1.29 is 13.2 Å². The smallest absolute Gasteiger partial charge is 0.260 e. The van der Waals surface area contributed by atoms with E-state index < -0.39 is 22.0 Å². The lowest BCUT2D eigenvalue weighted by Crippen LogP contribution is -2.44. The molecule has 0 fully saturated rings. The Hall–Kier alpha value is -1.16. The molecule has 0 saturated carbocycles. The Balaban J connectivity index is 2.33. The number of aromatic nitrogens is 2. The number of rotatable bonds is 5. The maximum absolute atomic E-state index is 12.3. The lowest BCUT2D eigenvalue weighted by molar-refractivity contribution is -0.122. The number of hydrogen-bond donors (Lipinski definition) is 2. The highest BCUT2D eigenvalue weighted by Crippen LogP contribution is 2.25. The minimum Gasteiger partial charge on any atom is -0.355 e. The summed E-state index contributed by atoms with van der Waals surface area (Å²) >= 11 is 7.14. The number of nitrogens with zero attached hydrogens (tertiary/aromatic N) is 2. The molecule has 0 spiro atoms. The normalized spacial score (nSPS) is 13.6. The third kappa shape index (κ3) is 2.80. The van der Waals surface area contributed by atoms with Gasteiger partial charge in [0.2, 0.25) is 5.91 Å². The van der Waals surface area contributed by atoms with Crippen molar-refractivity contribution in [3.63, 3.8) is 0 Å². The zero-order valence-electron chi connectivity index (χ0n) is 10.8. The number of thiazole rings is 1. The van der Waals surface area contributed by atoms with Crippen LogP contribution in [0.4, 0.5) is 0 Å². The molecule has 0 saturated heterocycles. The Morgan fingerprint density at radius 1 is 1.60 bits per heavy atom. The molecule has 1 unspecified atom stereocenters. The van der Waals surface area contributed by atoms with Gasteiger partial charge < -0.3 is 5.32 Å². The first-order valence-corrected chi connectivity index (χ1v) is 8.52. The second-order valence-corrected chi connectivity index (χ2v) is 6.86. The monoisotopic (exact) mass is 336 g/mol. The predicted molar refractivity (Wildman–Crippen MR) is 76.5 cm³/mol. The maximum atomic E-state index is 12.3. The molecular formula is C10H13ClN4O3S2. The van der Waals surface area contributed by atoms with Gasteiger partial charge in [-0.1, -0.05) is 11.6 Å². The molecule has 0 aliphatic rings. The van der Waals surface area contributed by atoms with Gasteiger partial charge in [-0.2, -0.15) is 4.72 Å². The zero-order chi connectivity index (χ0) is 14.9. The first kappa shape index (κ1) is 15.2. The van der Waals surface area contributed by atoms with E-state index in [1.54, 1.807) is 18.5 Å². The van der Waals surface area contributed by atoms with Crippen LogP contribution in [0.5, 0.6) is 0 Å². The standard InChI is InChI=1S/C10H13ClN4O3S2/c1-3-12-8(16)6(2)14-20(17,18)9-7(11)13-10-15(9)4-5-19-10/h4-6,14H,3H2,1-2H3,(H,12,16). The van der Waals surface area contributed by atoms with E-state index in [4.69, 9.17) is 11.6 Å². The van der Waals surface area contributed by atoms with E-state index in [2.05, 4.69) is 15.0 Å². The summed E-state index contributed by atoms with van der Waals surface area (Å²) in [7, 11) is -3.94. The van der Waals surface area contributed by atoms with Gasteiger partial charge in [0.25, 0.3) is 10.0 Å². The van der Waals surface area contributed by atoms with Gasteiger partial charge in [0.05, 0.1) is 6.04 Å². The van der Waals surface area contributed by atoms with Gasteiger partial charge in [0.1, 0.15) is 0 Å². The first-order valence-electron chi connectivity index (χ1n) is 5.78. The summed E-state index contributed by atoms with van der Waals surface area (Å²) in [5.74, 6) is -0.404. The molecule has 110 valence electrons. The summed E-state index contributed by atoms with van der Waals surface area (Å²) in [6.45, 7) is 3.64. The summed E-state index contributed by atoms with van der Waals surface area (Å²) in [5.41, 5.74) is 0. The lowest BCUT2D eigenvalue weighted by Gasteiger charge is -2.13. The van der Waals surface area contributed by atoms with Crippen LogP contribution in [0, 0.1) is 0 Å². The molecule has 1 amide bonds. The highest BCUT2D eigenvalue weighted by molar-refractivity contribution is 7.89. The maximum Gasteiger partial charge on any atom is 0.260 e. The molecule has 0 aliphatic heterocycles. The first-order chi connectivity index (χ1) is 9.36. The Morgan fingerprint density at radius 3 is 2.95 bits per heavy atom. The summed E-state index contributed by atoms with van der Waals surface area (Å²) in [6.07, 6.45) is 1.56. The van der Waals surface area contributed by atoms with Crippen LogP contribution in [0.15, 0.2) is 16.6 Å². The third-order valence-electron chi connectivity index (χ3n) is 2.51. The molecule has 7 nitrogen and oxygen atoms in total. The molecule has 0 bridgehead atoms. The molecule has 2 N–H and O–H groups in total. The number of sulfonamides is 1. The van der Waals surface area contributed by atoms with E-state index in [1.165, 1.54) is 22.7 Å². The van der Waals surface area contributed by atoms with Crippen LogP contribution < -0.4 is 10.0 Å². The second kappa shape index (κ2) is 5.68. The van der Waals surface area contributed by atoms with Crippen molar-refractivity contribution in [3.05, 3.63) is 16.7 Å². The van der Waals surface area contributed by atoms with Crippen molar-refractivity contribution >= 4 is 43.8 Å². The number of carbonyl (C=O) groups excluding carboxylic acids is 1. The summed E-state index contributed by atoms with van der Waals surface area (Å²) in [6, 6.07) is -0.903. The number of hydrogen-bond acceptors (Lipinski definition) is 5. The van der Waals surface area contributed by atoms with Crippen LogP contribution in [0.25, 0.3) is 4.96 Å². The fourth-order valence-electron chi connectivity index (χ4n) is 1.65. The van der Waals surface area contributed by atoms with Crippen LogP contribution in [-0.4, -0.2) is 36.3 Å². The molecule has 1 atom stereocenters. The summed E-state index contributed by atoms with van der Waals surface area (Å²) in [4.78, 5) is 16.0. The SMILES string of the molecule is CCNC(=O)C(C)NS(=O)(=O)c1c(Cl)nc2sccn12. The van der Waals surface area contributed by atoms with E-state index in [0.717, 1.165) is 0 Å². The van der Waals surface area contributed by atoms with Crippen molar-refractivity contribution in [2.45, 2.75) is 24.9 Å².